The molecule has 0 amide bonds. The number of rotatable bonds is 15. The zero-order valence-electron chi connectivity index (χ0n) is 29.9. The molecule has 322 valence electrons. The van der Waals surface area contributed by atoms with Crippen molar-refractivity contribution >= 4 is 99.9 Å². The number of nitrogens with zero attached hydrogens (tertiary/aromatic N) is 4. The van der Waals surface area contributed by atoms with Gasteiger partial charge in [-0.25, -0.2) is 25.2 Å². The molecule has 0 spiro atoms. The van der Waals surface area contributed by atoms with Gasteiger partial charge < -0.3 is 15.6 Å². The van der Waals surface area contributed by atoms with E-state index in [2.05, 4.69) is 28.8 Å². The van der Waals surface area contributed by atoms with Crippen molar-refractivity contribution < 1.29 is 86.9 Å². The first kappa shape index (κ1) is 46.9. The van der Waals surface area contributed by atoms with Crippen LogP contribution in [0.15, 0.2) is 88.6 Å². The summed E-state index contributed by atoms with van der Waals surface area (Å²) in [5.74, 6) is -1.34. The van der Waals surface area contributed by atoms with Crippen LogP contribution in [0.2, 0.25) is 0 Å². The van der Waals surface area contributed by atoms with Gasteiger partial charge >= 0.3 is 20.8 Å². The van der Waals surface area contributed by atoms with Crippen LogP contribution in [-0.2, 0) is 69.1 Å². The van der Waals surface area contributed by atoms with Gasteiger partial charge in [0.25, 0.3) is 20.2 Å². The maximum absolute atomic E-state index is 13.0. The second-order valence-electron chi connectivity index (χ2n) is 11.7. The topological polar surface area (TPSA) is 409 Å². The highest BCUT2D eigenvalue weighted by atomic mass is 32.3. The van der Waals surface area contributed by atoms with Crippen molar-refractivity contribution in [2.75, 3.05) is 12.8 Å². The quantitative estimate of drug-likeness (QED) is 0.0562. The number of nitrogen functional groups attached to an aromatic ring is 1. The molecule has 2 atom stereocenters. The van der Waals surface area contributed by atoms with E-state index in [0.29, 0.717) is 31.2 Å². The van der Waals surface area contributed by atoms with Gasteiger partial charge in [0.1, 0.15) is 38.3 Å². The number of azo groups is 2. The molecule has 31 heteroatoms. The van der Waals surface area contributed by atoms with Gasteiger partial charge in [-0.1, -0.05) is 0 Å². The van der Waals surface area contributed by atoms with Crippen LogP contribution in [0.4, 0.5) is 28.4 Å². The Kier molecular flexibility index (Phi) is 13.0. The van der Waals surface area contributed by atoms with E-state index in [0.717, 1.165) is 38.3 Å². The number of phenolic OH excluding ortho intramolecular Hbond substituents is 1. The summed E-state index contributed by atoms with van der Waals surface area (Å²) in [6.45, 7) is 2.75. The van der Waals surface area contributed by atoms with Crippen LogP contribution in [0.5, 0.6) is 11.5 Å². The number of phenols is 1. The van der Waals surface area contributed by atoms with E-state index in [9.17, 15) is 64.7 Å². The van der Waals surface area contributed by atoms with Crippen molar-refractivity contribution in [3.05, 3.63) is 54.1 Å². The third kappa shape index (κ3) is 10.5. The molecule has 0 heterocycles. The summed E-state index contributed by atoms with van der Waals surface area (Å²) < 4.78 is 197. The minimum absolute atomic E-state index is 0.108. The molecule has 7 N–H and O–H groups in total. The van der Waals surface area contributed by atoms with Gasteiger partial charge in [0, 0.05) is 16.8 Å². The van der Waals surface area contributed by atoms with Gasteiger partial charge in [0.15, 0.2) is 16.6 Å². The highest BCUT2D eigenvalue weighted by Gasteiger charge is 2.33. The van der Waals surface area contributed by atoms with E-state index in [4.69, 9.17) is 19.6 Å². The molecule has 2 unspecified atom stereocenters. The Balaban J connectivity index is 1.88. The van der Waals surface area contributed by atoms with Crippen LogP contribution in [0.3, 0.4) is 0 Å². The summed E-state index contributed by atoms with van der Waals surface area (Å²) in [4.78, 5) is -3.81. The molecule has 0 bridgehead atoms. The van der Waals surface area contributed by atoms with E-state index in [1.54, 1.807) is 0 Å². The highest BCUT2D eigenvalue weighted by molar-refractivity contribution is 7.93. The lowest BCUT2D eigenvalue weighted by Gasteiger charge is -2.15. The lowest BCUT2D eigenvalue weighted by Crippen LogP contribution is -2.25. The first-order chi connectivity index (χ1) is 26.8. The van der Waals surface area contributed by atoms with Crippen LogP contribution < -0.4 is 10.5 Å². The van der Waals surface area contributed by atoms with E-state index < -0.39 is 114 Å². The van der Waals surface area contributed by atoms with Crippen LogP contribution in [0.1, 0.15) is 19.4 Å². The molecule has 0 saturated heterocycles. The van der Waals surface area contributed by atoms with Crippen LogP contribution >= 0.6 is 0 Å². The largest absolute Gasteiger partial charge is 0.505 e. The normalized spacial score (nSPS) is 14.6. The SMILES string of the molecule is COc1cc(S(=O)(=O)C(C)OS(=O)(=O)O)c(C)cc1N=Nc1c(S(=O)(=O)O)cc2c(N=Nc3ccc(S(=O)(=O)C(C)OS(=O)(=O)O)cc3S(=O)(=O)O)c(N)ccc2c1O. The number of anilines is 1. The number of methoxy groups -OCH3 is 1. The third-order valence-electron chi connectivity index (χ3n) is 7.74. The predicted molar refractivity (Wildman–Crippen MR) is 201 cm³/mol. The summed E-state index contributed by atoms with van der Waals surface area (Å²) in [6.07, 6.45) is 0. The Morgan fingerprint density at radius 2 is 1.12 bits per heavy atom. The Morgan fingerprint density at radius 3 is 1.64 bits per heavy atom. The Hall–Kier alpha value is -4.80. The van der Waals surface area contributed by atoms with Crippen LogP contribution in [0.25, 0.3) is 10.8 Å². The van der Waals surface area contributed by atoms with Gasteiger partial charge in [-0.3, -0.25) is 18.2 Å². The molecule has 0 aliphatic rings. The smallest absolute Gasteiger partial charge is 0.398 e. The van der Waals surface area contributed by atoms with E-state index >= 15 is 0 Å². The number of benzene rings is 4. The molecule has 4 rings (SSSR count). The van der Waals surface area contributed by atoms with Crippen molar-refractivity contribution in [2.45, 2.75) is 51.2 Å². The maximum Gasteiger partial charge on any atom is 0.398 e. The number of nitrogens with two attached hydrogens (primary N) is 1. The number of aryl methyl sites for hydroxylation is 1. The standard InChI is InChI=1S/C28H29N5O20S6/c1-13-9-21(22(51-4)12-23(13)55(37,38)15(3)53-59(48,49)50)31-33-27-25(57(42,43)44)11-18-17(28(27)34)6-7-19(29)26(18)32-30-20-8-5-16(10-24(20)56(39,40)41)54(35,36)14(2)52-58(45,46)47/h5-12,14-15,34H,29H2,1-4H3,(H,39,40,41)(H,42,43,44)(H,45,46,47)(H,48,49,50). The second-order valence-corrected chi connectivity index (χ2v) is 21.0. The van der Waals surface area contributed by atoms with E-state index in [1.165, 1.54) is 6.92 Å². The second kappa shape index (κ2) is 16.3. The fourth-order valence-corrected chi connectivity index (χ4v) is 10.6. The molecule has 0 radical (unpaired) electrons. The monoisotopic (exact) mass is 947 g/mol. The average Bonchev–Trinajstić information content (AvgIpc) is 3.08. The number of hydrogen-bond acceptors (Lipinski definition) is 21. The minimum atomic E-state index is -5.34. The molecule has 0 saturated carbocycles. The number of hydrogen-bond donors (Lipinski definition) is 6. The van der Waals surface area contributed by atoms with Crippen molar-refractivity contribution in [3.63, 3.8) is 0 Å². The van der Waals surface area contributed by atoms with Crippen LogP contribution in [-0.4, -0.2) is 91.8 Å². The zero-order valence-corrected chi connectivity index (χ0v) is 34.8. The maximum atomic E-state index is 13.0. The zero-order chi connectivity index (χ0) is 44.8. The molecular formula is C28H29N5O20S6. The fourth-order valence-electron chi connectivity index (χ4n) is 5.01. The number of fused-ring (bicyclic) bond motifs is 1. The first-order valence-corrected chi connectivity index (χ1v) is 24.0. The van der Waals surface area contributed by atoms with Gasteiger partial charge in [-0.15, -0.1) is 20.5 Å². The molecule has 4 aromatic carbocycles. The first-order valence-electron chi connectivity index (χ1n) is 15.3. The third-order valence-corrected chi connectivity index (χ3v) is 14.7. The lowest BCUT2D eigenvalue weighted by molar-refractivity contribution is 0.250. The number of aromatic hydroxyl groups is 1. The predicted octanol–water partition coefficient (Wildman–Crippen LogP) is 3.65. The molecule has 0 fully saturated rings. The van der Waals surface area contributed by atoms with Crippen molar-refractivity contribution in [1.82, 2.24) is 0 Å². The van der Waals surface area contributed by atoms with E-state index in [1.807, 2.05) is 0 Å². The summed E-state index contributed by atoms with van der Waals surface area (Å²) in [5.41, 5.74) is -1.25. The van der Waals surface area contributed by atoms with Gasteiger partial charge in [0.05, 0.1) is 22.6 Å². The summed E-state index contributed by atoms with van der Waals surface area (Å²) in [5, 5.41) is 25.7. The minimum Gasteiger partial charge on any atom is -0.505 e. The highest BCUT2D eigenvalue weighted by Crippen LogP contribution is 2.47. The number of sulfone groups is 2. The van der Waals surface area contributed by atoms with E-state index in [-0.39, 0.29) is 33.5 Å². The molecule has 0 aromatic heterocycles. The molecule has 59 heavy (non-hydrogen) atoms. The average molecular weight is 948 g/mol. The molecular weight excluding hydrogens is 919 g/mol. The van der Waals surface area contributed by atoms with Gasteiger partial charge in [-0.05, 0) is 68.8 Å². The summed E-state index contributed by atoms with van der Waals surface area (Å²) in [7, 11) is -29.6. The Morgan fingerprint density at radius 1 is 0.593 bits per heavy atom. The fraction of sp³-hybridized carbons (Fsp3) is 0.214. The van der Waals surface area contributed by atoms with Gasteiger partial charge in [0.2, 0.25) is 19.7 Å². The van der Waals surface area contributed by atoms with Gasteiger partial charge in [-0.2, -0.15) is 33.7 Å². The molecule has 4 aromatic rings. The lowest BCUT2D eigenvalue weighted by atomic mass is 10.1. The number of ether oxygens (including phenoxy) is 1. The van der Waals surface area contributed by atoms with Crippen LogP contribution in [0, 0.1) is 6.92 Å². The van der Waals surface area contributed by atoms with Crippen molar-refractivity contribution in [3.8, 4) is 11.5 Å². The molecule has 25 nitrogen and oxygen atoms in total. The van der Waals surface area contributed by atoms with Crippen molar-refractivity contribution in [1.29, 1.82) is 0 Å². The molecule has 0 aliphatic carbocycles. The molecule has 0 aliphatic heterocycles. The Labute approximate surface area is 335 Å². The van der Waals surface area contributed by atoms with Crippen molar-refractivity contribution in [2.24, 2.45) is 20.5 Å². The Bertz CT molecular complexity index is 3140. The summed E-state index contributed by atoms with van der Waals surface area (Å²) >= 11 is 0. The summed E-state index contributed by atoms with van der Waals surface area (Å²) in [6, 6.07) is 6.64.